The van der Waals surface area contributed by atoms with Crippen molar-refractivity contribution in [3.8, 4) is 5.75 Å². The first-order valence-corrected chi connectivity index (χ1v) is 11.4. The fraction of sp³-hybridized carbons (Fsp3) is 0.350. The van der Waals surface area contributed by atoms with Crippen molar-refractivity contribution < 1.29 is 32.3 Å². The second kappa shape index (κ2) is 10.3. The van der Waals surface area contributed by atoms with Crippen LogP contribution in [0.25, 0.3) is 0 Å². The van der Waals surface area contributed by atoms with Crippen LogP contribution in [0.15, 0.2) is 52.2 Å². The van der Waals surface area contributed by atoms with E-state index in [0.29, 0.717) is 5.56 Å². The van der Waals surface area contributed by atoms with E-state index in [2.05, 4.69) is 14.8 Å². The van der Waals surface area contributed by atoms with Gasteiger partial charge in [-0.05, 0) is 44.2 Å². The summed E-state index contributed by atoms with van der Waals surface area (Å²) in [6.45, 7) is 2.68. The third kappa shape index (κ3) is 6.26. The minimum atomic E-state index is -4.15. The smallest absolute Gasteiger partial charge is 0.459 e. The SMILES string of the molecule is COC(=O)[C@@H](C)NP(=O)(OC[C@@H]1C=C[C@H](n2cc(C)c(=O)[nH]c2=O)O1)Oc1ccc(F)cc1. The molecule has 0 saturated carbocycles. The Labute approximate surface area is 187 Å². The van der Waals surface area contributed by atoms with Gasteiger partial charge in [0, 0.05) is 11.8 Å². The molecule has 4 atom stereocenters. The van der Waals surface area contributed by atoms with Crippen molar-refractivity contribution in [3.63, 3.8) is 0 Å². The average Bonchev–Trinajstić information content (AvgIpc) is 3.25. The molecule has 0 fully saturated rings. The number of ether oxygens (including phenoxy) is 2. The van der Waals surface area contributed by atoms with Crippen molar-refractivity contribution in [2.24, 2.45) is 0 Å². The van der Waals surface area contributed by atoms with E-state index >= 15 is 0 Å². The zero-order chi connectivity index (χ0) is 24.2. The number of nitrogens with one attached hydrogen (secondary N) is 2. The van der Waals surface area contributed by atoms with E-state index in [9.17, 15) is 23.3 Å². The Morgan fingerprint density at radius 2 is 2.00 bits per heavy atom. The standard InChI is InChI=1S/C20H23FN3O8P/c1-12-10-24(20(27)22-18(12)25)17-9-8-16(31-17)11-30-33(28,23-13(2)19(26)29-3)32-15-6-4-14(21)5-7-15/h4-10,13,16-17H,11H2,1-3H3,(H,23,28)(H,22,25,27)/t13-,16+,17-,33?/m1/s1. The molecule has 33 heavy (non-hydrogen) atoms. The molecule has 11 nitrogen and oxygen atoms in total. The number of hydrogen-bond donors (Lipinski definition) is 2. The molecule has 1 unspecified atom stereocenters. The minimum Gasteiger partial charge on any atom is -0.468 e. The van der Waals surface area contributed by atoms with Gasteiger partial charge in [0.2, 0.25) is 0 Å². The summed E-state index contributed by atoms with van der Waals surface area (Å²) in [5.74, 6) is -1.18. The summed E-state index contributed by atoms with van der Waals surface area (Å²) in [6, 6.07) is 3.68. The van der Waals surface area contributed by atoms with Crippen molar-refractivity contribution in [1.82, 2.24) is 14.6 Å². The maximum Gasteiger partial charge on any atom is 0.459 e. The monoisotopic (exact) mass is 483 g/mol. The molecule has 1 aliphatic heterocycles. The van der Waals surface area contributed by atoms with Gasteiger partial charge in [-0.15, -0.1) is 0 Å². The number of methoxy groups -OCH3 is 1. The zero-order valence-corrected chi connectivity index (χ0v) is 18.9. The molecular formula is C20H23FN3O8P. The quantitative estimate of drug-likeness (QED) is 0.311. The van der Waals surface area contributed by atoms with E-state index in [4.69, 9.17) is 13.8 Å². The number of carbonyl (C=O) groups is 1. The molecule has 1 aromatic heterocycles. The van der Waals surface area contributed by atoms with Crippen LogP contribution in [0.4, 0.5) is 4.39 Å². The number of carbonyl (C=O) groups excluding carboxylic acids is 1. The van der Waals surface area contributed by atoms with E-state index in [1.807, 2.05) is 0 Å². The highest BCUT2D eigenvalue weighted by Crippen LogP contribution is 2.45. The average molecular weight is 483 g/mol. The first kappa shape index (κ1) is 24.6. The molecule has 0 aliphatic carbocycles. The van der Waals surface area contributed by atoms with Gasteiger partial charge in [0.15, 0.2) is 6.23 Å². The molecule has 0 radical (unpaired) electrons. The zero-order valence-electron chi connectivity index (χ0n) is 18.0. The van der Waals surface area contributed by atoms with Crippen molar-refractivity contribution in [2.75, 3.05) is 13.7 Å². The highest BCUT2D eigenvalue weighted by molar-refractivity contribution is 7.52. The highest BCUT2D eigenvalue weighted by Gasteiger charge is 2.34. The maximum absolute atomic E-state index is 13.3. The molecule has 2 heterocycles. The Morgan fingerprint density at radius 3 is 2.67 bits per heavy atom. The van der Waals surface area contributed by atoms with Crippen LogP contribution in [0.5, 0.6) is 5.75 Å². The Hall–Kier alpha value is -3.05. The van der Waals surface area contributed by atoms with Crippen LogP contribution < -0.4 is 20.9 Å². The number of H-pyrrole nitrogens is 1. The number of aryl methyl sites for hydroxylation is 1. The molecule has 1 aliphatic rings. The second-order valence-electron chi connectivity index (χ2n) is 7.14. The topological polar surface area (TPSA) is 138 Å². The van der Waals surface area contributed by atoms with E-state index in [1.54, 1.807) is 19.1 Å². The van der Waals surface area contributed by atoms with E-state index < -0.39 is 49.2 Å². The molecule has 0 amide bonds. The minimum absolute atomic E-state index is 0.0420. The van der Waals surface area contributed by atoms with Crippen molar-refractivity contribution in [3.05, 3.63) is 74.8 Å². The van der Waals surface area contributed by atoms with Crippen LogP contribution in [0.2, 0.25) is 0 Å². The molecule has 0 spiro atoms. The van der Waals surface area contributed by atoms with Crippen molar-refractivity contribution >= 4 is 13.7 Å². The van der Waals surface area contributed by atoms with Gasteiger partial charge in [-0.2, -0.15) is 5.09 Å². The van der Waals surface area contributed by atoms with Crippen LogP contribution in [0, 0.1) is 12.7 Å². The van der Waals surface area contributed by atoms with Gasteiger partial charge in [0.05, 0.1) is 13.7 Å². The summed E-state index contributed by atoms with van der Waals surface area (Å²) in [4.78, 5) is 37.6. The first-order chi connectivity index (χ1) is 15.6. The van der Waals surface area contributed by atoms with Gasteiger partial charge in [0.1, 0.15) is 23.7 Å². The fourth-order valence-electron chi connectivity index (χ4n) is 2.88. The lowest BCUT2D eigenvalue weighted by Gasteiger charge is -2.24. The number of aromatic amines is 1. The molecule has 1 aromatic carbocycles. The molecule has 178 valence electrons. The number of nitrogens with zero attached hydrogens (tertiary/aromatic N) is 1. The van der Waals surface area contributed by atoms with Gasteiger partial charge in [0.25, 0.3) is 5.56 Å². The van der Waals surface area contributed by atoms with Crippen LogP contribution in [-0.4, -0.2) is 41.4 Å². The number of rotatable bonds is 9. The second-order valence-corrected chi connectivity index (χ2v) is 8.83. The summed E-state index contributed by atoms with van der Waals surface area (Å²) in [5.41, 5.74) is -0.826. The number of hydrogen-bond acceptors (Lipinski definition) is 8. The number of benzene rings is 1. The van der Waals surface area contributed by atoms with Gasteiger partial charge in [-0.1, -0.05) is 6.08 Å². The third-order valence-corrected chi connectivity index (χ3v) is 6.22. The molecule has 2 N–H and O–H groups in total. The summed E-state index contributed by atoms with van der Waals surface area (Å²) < 4.78 is 48.9. The number of esters is 1. The Kier molecular flexibility index (Phi) is 7.65. The van der Waals surface area contributed by atoms with Gasteiger partial charge >= 0.3 is 19.4 Å². The summed E-state index contributed by atoms with van der Waals surface area (Å²) in [5, 5.41) is 2.47. The summed E-state index contributed by atoms with van der Waals surface area (Å²) >= 11 is 0. The van der Waals surface area contributed by atoms with Gasteiger partial charge in [-0.25, -0.2) is 13.8 Å². The molecule has 0 bridgehead atoms. The predicted octanol–water partition coefficient (Wildman–Crippen LogP) is 1.79. The van der Waals surface area contributed by atoms with Crippen LogP contribution in [0.3, 0.4) is 0 Å². The molecule has 2 aromatic rings. The highest BCUT2D eigenvalue weighted by atomic mass is 31.2. The third-order valence-electron chi connectivity index (χ3n) is 4.58. The molecule has 0 saturated heterocycles. The van der Waals surface area contributed by atoms with Crippen molar-refractivity contribution in [2.45, 2.75) is 32.2 Å². The summed E-state index contributed by atoms with van der Waals surface area (Å²) in [6.07, 6.45) is 2.98. The first-order valence-electron chi connectivity index (χ1n) is 9.81. The Morgan fingerprint density at radius 1 is 1.30 bits per heavy atom. The van der Waals surface area contributed by atoms with E-state index in [0.717, 1.165) is 12.1 Å². The van der Waals surface area contributed by atoms with Crippen LogP contribution in [-0.2, 0) is 23.4 Å². The normalized spacial score (nSPS) is 20.2. The Balaban J connectivity index is 1.71. The number of halogens is 1. The van der Waals surface area contributed by atoms with Crippen LogP contribution in [0.1, 0.15) is 18.7 Å². The van der Waals surface area contributed by atoms with Crippen LogP contribution >= 0.6 is 7.75 Å². The summed E-state index contributed by atoms with van der Waals surface area (Å²) in [7, 11) is -2.98. The number of aromatic nitrogens is 2. The fourth-order valence-corrected chi connectivity index (χ4v) is 4.38. The van der Waals surface area contributed by atoms with Gasteiger partial charge < -0.3 is 14.0 Å². The molecule has 3 rings (SSSR count). The van der Waals surface area contributed by atoms with E-state index in [1.165, 1.54) is 36.9 Å². The lowest BCUT2D eigenvalue weighted by Crippen LogP contribution is -2.35. The Bertz CT molecular complexity index is 1190. The lowest BCUT2D eigenvalue weighted by molar-refractivity contribution is -0.142. The van der Waals surface area contributed by atoms with E-state index in [-0.39, 0.29) is 12.4 Å². The maximum atomic E-state index is 13.3. The molecular weight excluding hydrogens is 460 g/mol. The van der Waals surface area contributed by atoms with Gasteiger partial charge in [-0.3, -0.25) is 23.7 Å². The molecule has 13 heteroatoms. The van der Waals surface area contributed by atoms with Crippen molar-refractivity contribution in [1.29, 1.82) is 0 Å². The largest absolute Gasteiger partial charge is 0.468 e. The lowest BCUT2D eigenvalue weighted by atomic mass is 10.3. The predicted molar refractivity (Wildman–Crippen MR) is 114 cm³/mol.